The molecule has 0 bridgehead atoms. The Bertz CT molecular complexity index is 497. The van der Waals surface area contributed by atoms with E-state index in [9.17, 15) is 4.79 Å². The van der Waals surface area contributed by atoms with Crippen molar-refractivity contribution in [2.24, 2.45) is 0 Å². The lowest BCUT2D eigenvalue weighted by Gasteiger charge is -2.00. The van der Waals surface area contributed by atoms with E-state index in [0.29, 0.717) is 12.2 Å². The Morgan fingerprint density at radius 3 is 2.93 bits per heavy atom. The average molecular weight is 204 g/mol. The Hall–Kier alpha value is -1.77. The Balaban J connectivity index is 2.41. The third-order valence-corrected chi connectivity index (χ3v) is 2.15. The van der Waals surface area contributed by atoms with Crippen LogP contribution in [-0.2, 0) is 4.74 Å². The van der Waals surface area contributed by atoms with Crippen molar-refractivity contribution in [2.45, 2.75) is 13.8 Å². The number of benzene rings is 1. The van der Waals surface area contributed by atoms with Crippen molar-refractivity contribution >= 4 is 16.9 Å². The highest BCUT2D eigenvalue weighted by atomic mass is 16.5. The molecule has 0 spiro atoms. The van der Waals surface area contributed by atoms with Crippen molar-refractivity contribution < 1.29 is 13.9 Å². The highest BCUT2D eigenvalue weighted by Gasteiger charge is 2.08. The van der Waals surface area contributed by atoms with E-state index in [1.807, 2.05) is 19.1 Å². The second-order valence-electron chi connectivity index (χ2n) is 3.33. The number of rotatable bonds is 2. The predicted octanol–water partition coefficient (Wildman–Crippen LogP) is 2.92. The molecule has 0 fully saturated rings. The SMILES string of the molecule is CCOC(=O)c1ccc2cc(C)oc2c1. The van der Waals surface area contributed by atoms with Gasteiger partial charge in [0.05, 0.1) is 12.2 Å². The number of aryl methyl sites for hydroxylation is 1. The summed E-state index contributed by atoms with van der Waals surface area (Å²) in [5.74, 6) is 0.527. The van der Waals surface area contributed by atoms with E-state index in [2.05, 4.69) is 0 Å². The van der Waals surface area contributed by atoms with Crippen LogP contribution >= 0.6 is 0 Å². The number of hydrogen-bond donors (Lipinski definition) is 0. The molecule has 0 atom stereocenters. The van der Waals surface area contributed by atoms with Crippen LogP contribution in [0.25, 0.3) is 11.0 Å². The maximum absolute atomic E-state index is 11.4. The normalized spacial score (nSPS) is 10.5. The van der Waals surface area contributed by atoms with Crippen LogP contribution in [-0.4, -0.2) is 12.6 Å². The summed E-state index contributed by atoms with van der Waals surface area (Å²) in [7, 11) is 0. The zero-order valence-electron chi connectivity index (χ0n) is 8.74. The van der Waals surface area contributed by atoms with Crippen molar-refractivity contribution in [3.8, 4) is 0 Å². The lowest BCUT2D eigenvalue weighted by molar-refractivity contribution is 0.0526. The molecule has 0 aliphatic heterocycles. The van der Waals surface area contributed by atoms with E-state index in [1.54, 1.807) is 19.1 Å². The maximum Gasteiger partial charge on any atom is 0.338 e. The van der Waals surface area contributed by atoms with Crippen LogP contribution in [0, 0.1) is 6.92 Å². The van der Waals surface area contributed by atoms with Gasteiger partial charge in [0.25, 0.3) is 0 Å². The average Bonchev–Trinajstić information content (AvgIpc) is 2.57. The quantitative estimate of drug-likeness (QED) is 0.706. The Morgan fingerprint density at radius 1 is 1.40 bits per heavy atom. The molecule has 0 saturated carbocycles. The third-order valence-electron chi connectivity index (χ3n) is 2.15. The maximum atomic E-state index is 11.4. The fraction of sp³-hybridized carbons (Fsp3) is 0.250. The molecule has 0 unspecified atom stereocenters. The number of hydrogen-bond acceptors (Lipinski definition) is 3. The van der Waals surface area contributed by atoms with Gasteiger partial charge >= 0.3 is 5.97 Å². The molecule has 3 nitrogen and oxygen atoms in total. The van der Waals surface area contributed by atoms with Crippen molar-refractivity contribution in [1.29, 1.82) is 0 Å². The summed E-state index contributed by atoms with van der Waals surface area (Å²) in [5, 5.41) is 1.00. The van der Waals surface area contributed by atoms with Gasteiger partial charge in [-0.3, -0.25) is 0 Å². The number of ether oxygens (including phenoxy) is 1. The molecule has 0 N–H and O–H groups in total. The minimum absolute atomic E-state index is 0.312. The van der Waals surface area contributed by atoms with Gasteiger partial charge in [-0.15, -0.1) is 0 Å². The van der Waals surface area contributed by atoms with Gasteiger partial charge < -0.3 is 9.15 Å². The molecule has 0 saturated heterocycles. The first kappa shape index (κ1) is 9.77. The van der Waals surface area contributed by atoms with E-state index < -0.39 is 0 Å². The molecule has 78 valence electrons. The molecule has 0 aliphatic rings. The highest BCUT2D eigenvalue weighted by Crippen LogP contribution is 2.20. The lowest BCUT2D eigenvalue weighted by atomic mass is 10.2. The van der Waals surface area contributed by atoms with Gasteiger partial charge in [0.2, 0.25) is 0 Å². The topological polar surface area (TPSA) is 39.4 Å². The van der Waals surface area contributed by atoms with Crippen LogP contribution < -0.4 is 0 Å². The zero-order chi connectivity index (χ0) is 10.8. The molecule has 0 amide bonds. The van der Waals surface area contributed by atoms with Crippen molar-refractivity contribution in [3.63, 3.8) is 0 Å². The summed E-state index contributed by atoms with van der Waals surface area (Å²) in [6.45, 7) is 4.05. The van der Waals surface area contributed by atoms with Gasteiger partial charge in [-0.1, -0.05) is 6.07 Å². The van der Waals surface area contributed by atoms with Crippen molar-refractivity contribution in [1.82, 2.24) is 0 Å². The van der Waals surface area contributed by atoms with Gasteiger partial charge in [-0.05, 0) is 32.0 Å². The summed E-state index contributed by atoms with van der Waals surface area (Å²) >= 11 is 0. The van der Waals surface area contributed by atoms with E-state index in [4.69, 9.17) is 9.15 Å². The summed E-state index contributed by atoms with van der Waals surface area (Å²) in [6, 6.07) is 7.25. The molecule has 1 heterocycles. The molecule has 2 rings (SSSR count). The smallest absolute Gasteiger partial charge is 0.338 e. The fourth-order valence-electron chi connectivity index (χ4n) is 1.51. The summed E-state index contributed by atoms with van der Waals surface area (Å²) in [6.07, 6.45) is 0. The van der Waals surface area contributed by atoms with Crippen LogP contribution in [0.5, 0.6) is 0 Å². The fourth-order valence-corrected chi connectivity index (χ4v) is 1.51. The third kappa shape index (κ3) is 1.86. The van der Waals surface area contributed by atoms with E-state index in [1.165, 1.54) is 0 Å². The highest BCUT2D eigenvalue weighted by molar-refractivity contribution is 5.93. The van der Waals surface area contributed by atoms with Crippen LogP contribution in [0.2, 0.25) is 0 Å². The second kappa shape index (κ2) is 3.77. The molecule has 3 heteroatoms. The Labute approximate surface area is 87.6 Å². The summed E-state index contributed by atoms with van der Waals surface area (Å²) in [5.41, 5.74) is 1.25. The first-order valence-corrected chi connectivity index (χ1v) is 4.88. The minimum atomic E-state index is -0.312. The van der Waals surface area contributed by atoms with Gasteiger partial charge in [0.15, 0.2) is 0 Å². The molecule has 1 aromatic carbocycles. The number of fused-ring (bicyclic) bond motifs is 1. The van der Waals surface area contributed by atoms with Crippen LogP contribution in [0.3, 0.4) is 0 Å². The van der Waals surface area contributed by atoms with Crippen LogP contribution in [0.15, 0.2) is 28.7 Å². The number of carbonyl (C=O) groups is 1. The predicted molar refractivity (Wildman–Crippen MR) is 56.9 cm³/mol. The number of carbonyl (C=O) groups excluding carboxylic acids is 1. The Morgan fingerprint density at radius 2 is 2.20 bits per heavy atom. The number of furan rings is 1. The van der Waals surface area contributed by atoms with Crippen molar-refractivity contribution in [3.05, 3.63) is 35.6 Å². The van der Waals surface area contributed by atoms with Gasteiger partial charge in [0.1, 0.15) is 11.3 Å². The van der Waals surface area contributed by atoms with Gasteiger partial charge in [-0.25, -0.2) is 4.79 Å². The van der Waals surface area contributed by atoms with E-state index >= 15 is 0 Å². The first-order chi connectivity index (χ1) is 7.20. The molecule has 2 aromatic rings. The second-order valence-corrected chi connectivity index (χ2v) is 3.33. The molecule has 1 aromatic heterocycles. The summed E-state index contributed by atoms with van der Waals surface area (Å²) < 4.78 is 10.3. The first-order valence-electron chi connectivity index (χ1n) is 4.88. The number of esters is 1. The van der Waals surface area contributed by atoms with Gasteiger partial charge in [0, 0.05) is 5.39 Å². The van der Waals surface area contributed by atoms with Gasteiger partial charge in [-0.2, -0.15) is 0 Å². The molecule has 15 heavy (non-hydrogen) atoms. The Kier molecular flexibility index (Phi) is 2.46. The molecule has 0 aliphatic carbocycles. The summed E-state index contributed by atoms with van der Waals surface area (Å²) in [4.78, 5) is 11.4. The van der Waals surface area contributed by atoms with E-state index in [-0.39, 0.29) is 5.97 Å². The molecule has 0 radical (unpaired) electrons. The standard InChI is InChI=1S/C12H12O3/c1-3-14-12(13)10-5-4-9-6-8(2)15-11(9)7-10/h4-7H,3H2,1-2H3. The lowest BCUT2D eigenvalue weighted by Crippen LogP contribution is -2.03. The monoisotopic (exact) mass is 204 g/mol. The molecular formula is C12H12O3. The minimum Gasteiger partial charge on any atom is -0.462 e. The largest absolute Gasteiger partial charge is 0.462 e. The van der Waals surface area contributed by atoms with Crippen LogP contribution in [0.1, 0.15) is 23.0 Å². The van der Waals surface area contributed by atoms with E-state index in [0.717, 1.165) is 16.7 Å². The zero-order valence-corrected chi connectivity index (χ0v) is 8.74. The van der Waals surface area contributed by atoms with Crippen molar-refractivity contribution in [2.75, 3.05) is 6.61 Å². The molecular weight excluding hydrogens is 192 g/mol. The van der Waals surface area contributed by atoms with Crippen LogP contribution in [0.4, 0.5) is 0 Å².